The van der Waals surface area contributed by atoms with E-state index in [1.165, 1.54) is 10.8 Å². The van der Waals surface area contributed by atoms with Crippen LogP contribution in [0.1, 0.15) is 67.6 Å². The zero-order chi connectivity index (χ0) is 43.1. The molecule has 334 valence electrons. The fourth-order valence-electron chi connectivity index (χ4n) is 9.97. The van der Waals surface area contributed by atoms with Crippen molar-refractivity contribution >= 4 is 10.8 Å². The molecule has 0 unspecified atom stereocenters. The second kappa shape index (κ2) is 20.3. The van der Waals surface area contributed by atoms with E-state index in [2.05, 4.69) is 98.0 Å². The van der Waals surface area contributed by atoms with Crippen LogP contribution in [0.2, 0.25) is 0 Å². The van der Waals surface area contributed by atoms with Crippen LogP contribution < -0.4 is 0 Å². The lowest BCUT2D eigenvalue weighted by molar-refractivity contribution is -0.338. The molecule has 9 nitrogen and oxygen atoms in total. The molecule has 0 aliphatic carbocycles. The Labute approximate surface area is 377 Å². The SMILES string of the molecule is C[C@@]12O[C@@H]3CO[C@@H](c4ccccc4)O[C@H]3C[C@H]1O[C@H]1C/C=C\C[C@H]3O[C@@H](COCc4ccccc4)[C@H](OCc4ccccc4)C/C=C\[C@@H]3O[C@@H]1C[C@H]2OCc1ccc2ccccc2c1. The minimum absolute atomic E-state index is 0.216. The van der Waals surface area contributed by atoms with Crippen LogP contribution in [0, 0.1) is 0 Å². The highest BCUT2D eigenvalue weighted by Crippen LogP contribution is 2.46. The van der Waals surface area contributed by atoms with Gasteiger partial charge >= 0.3 is 0 Å². The maximum atomic E-state index is 7.32. The smallest absolute Gasteiger partial charge is 0.184 e. The Morgan fingerprint density at radius 3 is 2.05 bits per heavy atom. The third-order valence-corrected chi connectivity index (χ3v) is 13.6. The van der Waals surface area contributed by atoms with E-state index in [9.17, 15) is 0 Å². The second-order valence-corrected chi connectivity index (χ2v) is 18.0. The summed E-state index contributed by atoms with van der Waals surface area (Å²) in [5, 5.41) is 2.38. The van der Waals surface area contributed by atoms with E-state index in [4.69, 9.17) is 42.6 Å². The summed E-state index contributed by atoms with van der Waals surface area (Å²) in [5.41, 5.74) is 3.51. The van der Waals surface area contributed by atoms with Crippen LogP contribution >= 0.6 is 0 Å². The van der Waals surface area contributed by atoms with Crippen molar-refractivity contribution in [3.8, 4) is 0 Å². The molecular weight excluding hydrogens is 805 g/mol. The van der Waals surface area contributed by atoms with Crippen LogP contribution in [-0.2, 0) is 62.5 Å². The van der Waals surface area contributed by atoms with Crippen molar-refractivity contribution in [1.82, 2.24) is 0 Å². The maximum absolute atomic E-state index is 7.32. The van der Waals surface area contributed by atoms with Gasteiger partial charge in [-0.1, -0.05) is 152 Å². The molecule has 5 aliphatic rings. The van der Waals surface area contributed by atoms with Crippen LogP contribution in [0.3, 0.4) is 0 Å². The first-order valence-electron chi connectivity index (χ1n) is 23.2. The molecule has 5 aromatic rings. The van der Waals surface area contributed by atoms with Crippen LogP contribution in [-0.4, -0.2) is 79.9 Å². The molecule has 64 heavy (non-hydrogen) atoms. The van der Waals surface area contributed by atoms with Gasteiger partial charge in [0.1, 0.15) is 23.9 Å². The first kappa shape index (κ1) is 43.4. The van der Waals surface area contributed by atoms with Gasteiger partial charge in [-0.2, -0.15) is 0 Å². The van der Waals surface area contributed by atoms with Crippen LogP contribution in [0.4, 0.5) is 0 Å². The lowest BCUT2D eigenvalue weighted by atomic mass is 9.82. The number of hydrogen-bond acceptors (Lipinski definition) is 9. The Hall–Kier alpha value is -4.52. The van der Waals surface area contributed by atoms with Crippen LogP contribution in [0.15, 0.2) is 158 Å². The summed E-state index contributed by atoms with van der Waals surface area (Å²) in [6, 6.07) is 45.6. The molecule has 5 aliphatic heterocycles. The van der Waals surface area contributed by atoms with E-state index in [0.717, 1.165) is 22.3 Å². The molecule has 0 spiro atoms. The van der Waals surface area contributed by atoms with Crippen molar-refractivity contribution in [2.45, 2.75) is 132 Å². The first-order chi connectivity index (χ1) is 31.5. The topological polar surface area (TPSA) is 83.1 Å². The van der Waals surface area contributed by atoms with Crippen molar-refractivity contribution in [1.29, 1.82) is 0 Å². The molecule has 0 radical (unpaired) electrons. The van der Waals surface area contributed by atoms with Crippen molar-refractivity contribution in [3.05, 3.63) is 180 Å². The predicted octanol–water partition coefficient (Wildman–Crippen LogP) is 10.2. The Balaban J connectivity index is 0.915. The number of ether oxygens (including phenoxy) is 9. The number of fused-ring (bicyclic) bond motifs is 5. The molecule has 9 heteroatoms. The molecule has 0 aromatic heterocycles. The van der Waals surface area contributed by atoms with Gasteiger partial charge in [0.15, 0.2) is 6.29 Å². The van der Waals surface area contributed by atoms with Crippen molar-refractivity contribution in [2.75, 3.05) is 13.2 Å². The highest BCUT2D eigenvalue weighted by atomic mass is 16.7. The van der Waals surface area contributed by atoms with E-state index in [-0.39, 0.29) is 61.0 Å². The summed E-state index contributed by atoms with van der Waals surface area (Å²) in [5.74, 6) is 0. The monoisotopic (exact) mass is 864 g/mol. The number of rotatable bonds is 11. The quantitative estimate of drug-likeness (QED) is 0.121. The van der Waals surface area contributed by atoms with Gasteiger partial charge in [-0.25, -0.2) is 0 Å². The van der Waals surface area contributed by atoms with E-state index in [0.29, 0.717) is 65.1 Å². The van der Waals surface area contributed by atoms with Gasteiger partial charge in [-0.15, -0.1) is 0 Å². The number of benzene rings is 5. The maximum Gasteiger partial charge on any atom is 0.184 e. The molecule has 3 saturated heterocycles. The molecule has 12 atom stereocenters. The van der Waals surface area contributed by atoms with Crippen LogP contribution in [0.5, 0.6) is 0 Å². The van der Waals surface area contributed by atoms with Crippen LogP contribution in [0.25, 0.3) is 10.8 Å². The van der Waals surface area contributed by atoms with Gasteiger partial charge in [0.25, 0.3) is 0 Å². The lowest BCUT2D eigenvalue weighted by Crippen LogP contribution is -2.63. The molecule has 5 aromatic carbocycles. The third-order valence-electron chi connectivity index (χ3n) is 13.6. The molecule has 10 rings (SSSR count). The van der Waals surface area contributed by atoms with Gasteiger partial charge in [-0.3, -0.25) is 0 Å². The molecule has 0 amide bonds. The largest absolute Gasteiger partial charge is 0.374 e. The summed E-state index contributed by atoms with van der Waals surface area (Å²) in [4.78, 5) is 0. The molecule has 0 bridgehead atoms. The van der Waals surface area contributed by atoms with E-state index in [1.807, 2.05) is 66.7 Å². The molecular formula is C55H60O9. The normalized spacial score (nSPS) is 33.9. The second-order valence-electron chi connectivity index (χ2n) is 18.0. The zero-order valence-corrected chi connectivity index (χ0v) is 36.6. The summed E-state index contributed by atoms with van der Waals surface area (Å²) in [6.07, 6.45) is 8.58. The highest BCUT2D eigenvalue weighted by molar-refractivity contribution is 5.82. The zero-order valence-electron chi connectivity index (χ0n) is 36.6. The average molecular weight is 865 g/mol. The average Bonchev–Trinajstić information content (AvgIpc) is 3.38. The summed E-state index contributed by atoms with van der Waals surface area (Å²) >= 11 is 0. The first-order valence-corrected chi connectivity index (χ1v) is 23.2. The Bertz CT molecular complexity index is 2300. The van der Waals surface area contributed by atoms with Gasteiger partial charge in [0.05, 0.1) is 75.8 Å². The summed E-state index contributed by atoms with van der Waals surface area (Å²) in [7, 11) is 0. The van der Waals surface area contributed by atoms with E-state index < -0.39 is 11.9 Å². The third kappa shape index (κ3) is 10.1. The van der Waals surface area contributed by atoms with Gasteiger partial charge < -0.3 is 42.6 Å². The van der Waals surface area contributed by atoms with Gasteiger partial charge in [0, 0.05) is 18.4 Å². The Morgan fingerprint density at radius 1 is 0.562 bits per heavy atom. The van der Waals surface area contributed by atoms with E-state index in [1.54, 1.807) is 0 Å². The molecule has 0 N–H and O–H groups in total. The lowest BCUT2D eigenvalue weighted by Gasteiger charge is -2.52. The molecule has 0 saturated carbocycles. The fourth-order valence-corrected chi connectivity index (χ4v) is 9.97. The minimum Gasteiger partial charge on any atom is -0.374 e. The van der Waals surface area contributed by atoms with Gasteiger partial charge in [0.2, 0.25) is 0 Å². The van der Waals surface area contributed by atoms with Crippen molar-refractivity contribution < 1.29 is 42.6 Å². The molecule has 3 fully saturated rings. The fraction of sp³-hybridized carbons (Fsp3) is 0.418. The van der Waals surface area contributed by atoms with Crippen molar-refractivity contribution in [3.63, 3.8) is 0 Å². The van der Waals surface area contributed by atoms with Crippen molar-refractivity contribution in [2.24, 2.45) is 0 Å². The predicted molar refractivity (Wildman–Crippen MR) is 244 cm³/mol. The van der Waals surface area contributed by atoms with E-state index >= 15 is 0 Å². The standard InChI is InChI=1S/C55H60O9/c1-55-52(58-35-40-28-29-41-20-11-12-23-43(41)30-40)31-48-47(62-53(55)32-49-51(64-55)37-59-54(63-49)42-21-9-4-10-22-42)25-14-13-24-45-46(60-48)27-15-26-44(57-34-39-18-7-3-8-19-39)50(61-45)36-56-33-38-16-5-2-6-17-38/h2-23,27-30,44-54H,24-26,31-37H2,1H3/b14-13-,27-15-/t44-,45-,46+,47+,48-,49+,50+,51-,52-,53-,54-,55+/m1/s1. The summed E-state index contributed by atoms with van der Waals surface area (Å²) < 4.78 is 62.0. The summed E-state index contributed by atoms with van der Waals surface area (Å²) in [6.45, 7) is 4.33. The molecule has 5 heterocycles. The Morgan fingerprint density at radius 2 is 1.25 bits per heavy atom. The van der Waals surface area contributed by atoms with Gasteiger partial charge in [-0.05, 0) is 59.7 Å². The number of hydrogen-bond donors (Lipinski definition) is 0. The highest BCUT2D eigenvalue weighted by Gasteiger charge is 2.57. The Kier molecular flexibility index (Phi) is 13.8. The minimum atomic E-state index is -0.814.